The molecule has 0 aliphatic carbocycles. The van der Waals surface area contributed by atoms with Crippen molar-refractivity contribution in [1.29, 1.82) is 0 Å². The highest BCUT2D eigenvalue weighted by molar-refractivity contribution is 5.83. The van der Waals surface area contributed by atoms with Crippen LogP contribution in [0.25, 0.3) is 11.6 Å². The fraction of sp³-hybridized carbons (Fsp3) is 0.357. The van der Waals surface area contributed by atoms with E-state index < -0.39 is 36.6 Å². The number of carbonyl (C=O) groups excluding carboxylic acids is 2. The van der Waals surface area contributed by atoms with Gasteiger partial charge in [0.25, 0.3) is 0 Å². The highest BCUT2D eigenvalue weighted by Gasteiger charge is 2.26. The molecule has 0 fully saturated rings. The van der Waals surface area contributed by atoms with E-state index in [2.05, 4.69) is 15.5 Å². The highest BCUT2D eigenvalue weighted by Crippen LogP contribution is 2.22. The summed E-state index contributed by atoms with van der Waals surface area (Å²) in [4.78, 5) is 38.0. The van der Waals surface area contributed by atoms with Crippen LogP contribution in [0.4, 0.5) is 4.79 Å². The summed E-state index contributed by atoms with van der Waals surface area (Å²) >= 11 is 0. The van der Waals surface area contributed by atoms with Gasteiger partial charge in [0.1, 0.15) is 11.8 Å². The first-order valence-electron chi connectivity index (χ1n) is 7.39. The first-order valence-corrected chi connectivity index (χ1v) is 7.39. The number of hydrogen-bond acceptors (Lipinski definition) is 8. The van der Waals surface area contributed by atoms with Gasteiger partial charge in [-0.05, 0) is 19.1 Å². The van der Waals surface area contributed by atoms with E-state index >= 15 is 0 Å². The Balaban J connectivity index is 2.14. The van der Waals surface area contributed by atoms with E-state index in [0.29, 0.717) is 11.5 Å². The molecular weight excluding hydrogens is 350 g/mol. The summed E-state index contributed by atoms with van der Waals surface area (Å²) in [5.74, 6) is -1.27. The smallest absolute Gasteiger partial charge is 0.328 e. The van der Waals surface area contributed by atoms with Gasteiger partial charge in [0.05, 0.1) is 13.0 Å². The lowest BCUT2D eigenvalue weighted by Crippen LogP contribution is -2.49. The Morgan fingerprint density at radius 3 is 2.58 bits per heavy atom. The molecule has 0 saturated heterocycles. The van der Waals surface area contributed by atoms with Crippen molar-refractivity contribution < 1.29 is 33.5 Å². The summed E-state index contributed by atoms with van der Waals surface area (Å²) < 4.78 is 10.4. The number of aryl methyl sites for hydroxylation is 1. The van der Waals surface area contributed by atoms with Gasteiger partial charge >= 0.3 is 12.0 Å². The average molecular weight is 367 g/mol. The van der Waals surface area contributed by atoms with Crippen LogP contribution in [0.1, 0.15) is 24.1 Å². The minimum absolute atomic E-state index is 0.101. The molecule has 0 aromatic carbocycles. The molecular formula is C14H17N5O7. The van der Waals surface area contributed by atoms with Gasteiger partial charge < -0.3 is 35.5 Å². The lowest BCUT2D eigenvalue weighted by Gasteiger charge is -2.16. The van der Waals surface area contributed by atoms with E-state index in [1.54, 1.807) is 19.1 Å². The van der Waals surface area contributed by atoms with Crippen LogP contribution in [0.3, 0.4) is 0 Å². The zero-order valence-corrected chi connectivity index (χ0v) is 13.6. The van der Waals surface area contributed by atoms with Crippen LogP contribution in [0.2, 0.25) is 0 Å². The van der Waals surface area contributed by atoms with E-state index in [4.69, 9.17) is 24.9 Å². The predicted molar refractivity (Wildman–Crippen MR) is 83.5 cm³/mol. The van der Waals surface area contributed by atoms with Crippen LogP contribution >= 0.6 is 0 Å². The van der Waals surface area contributed by atoms with Crippen molar-refractivity contribution in [2.45, 2.75) is 25.4 Å². The van der Waals surface area contributed by atoms with Gasteiger partial charge in [-0.1, -0.05) is 5.16 Å². The molecule has 0 aliphatic rings. The summed E-state index contributed by atoms with van der Waals surface area (Å²) in [5.41, 5.74) is 5.15. The Hall–Kier alpha value is -3.41. The molecule has 12 nitrogen and oxygen atoms in total. The van der Waals surface area contributed by atoms with Crippen molar-refractivity contribution in [2.75, 3.05) is 6.61 Å². The third-order valence-corrected chi connectivity index (χ3v) is 3.20. The van der Waals surface area contributed by atoms with Gasteiger partial charge in [-0.2, -0.15) is 4.98 Å². The molecule has 26 heavy (non-hydrogen) atoms. The number of hydrogen-bond donors (Lipinski definition) is 5. The lowest BCUT2D eigenvalue weighted by atomic mass is 10.2. The fourth-order valence-electron chi connectivity index (χ4n) is 1.98. The summed E-state index contributed by atoms with van der Waals surface area (Å²) in [7, 11) is 0. The van der Waals surface area contributed by atoms with Crippen LogP contribution < -0.4 is 16.4 Å². The molecule has 12 heteroatoms. The van der Waals surface area contributed by atoms with Gasteiger partial charge in [0.2, 0.25) is 17.6 Å². The van der Waals surface area contributed by atoms with Crippen LogP contribution in [0.5, 0.6) is 0 Å². The highest BCUT2D eigenvalue weighted by atomic mass is 16.5. The molecule has 6 N–H and O–H groups in total. The molecule has 0 radical (unpaired) electrons. The zero-order chi connectivity index (χ0) is 19.3. The first kappa shape index (κ1) is 18.9. The van der Waals surface area contributed by atoms with E-state index in [1.165, 1.54) is 0 Å². The number of urea groups is 1. The van der Waals surface area contributed by atoms with Gasteiger partial charge in [-0.3, -0.25) is 4.79 Å². The number of rotatable bonds is 8. The van der Waals surface area contributed by atoms with Crippen LogP contribution in [0, 0.1) is 6.92 Å². The zero-order valence-electron chi connectivity index (χ0n) is 13.6. The molecule has 2 aromatic heterocycles. The monoisotopic (exact) mass is 367 g/mol. The van der Waals surface area contributed by atoms with Crippen molar-refractivity contribution >= 4 is 17.9 Å². The third-order valence-electron chi connectivity index (χ3n) is 3.20. The van der Waals surface area contributed by atoms with E-state index in [-0.39, 0.29) is 18.1 Å². The standard InChI is InChI=1S/C14H17N5O7/c1-6-2-3-9(25-6)11-18-12(26-19-11)7(4-10(15)21)16-14(24)17-8(5-20)13(22)23/h2-3,7-8,20H,4-5H2,1H3,(H2,15,21)(H,22,23)(H2,16,17,24)/t7-,8+/m0/s1. The summed E-state index contributed by atoms with van der Waals surface area (Å²) in [6.45, 7) is 0.915. The molecule has 2 heterocycles. The molecule has 0 spiro atoms. The van der Waals surface area contributed by atoms with Crippen LogP contribution in [0.15, 0.2) is 21.1 Å². The number of nitrogens with zero attached hydrogens (tertiary/aromatic N) is 2. The number of aliphatic carboxylic acids is 1. The van der Waals surface area contributed by atoms with Crippen molar-refractivity contribution in [3.05, 3.63) is 23.8 Å². The molecule has 2 atom stereocenters. The lowest BCUT2D eigenvalue weighted by molar-refractivity contribution is -0.140. The Labute approximate surface area is 146 Å². The van der Waals surface area contributed by atoms with Gasteiger partial charge in [0, 0.05) is 0 Å². The van der Waals surface area contributed by atoms with Gasteiger partial charge in [0.15, 0.2) is 11.8 Å². The van der Waals surface area contributed by atoms with Crippen LogP contribution in [-0.2, 0) is 9.59 Å². The fourth-order valence-corrected chi connectivity index (χ4v) is 1.98. The molecule has 3 amide bonds. The minimum Gasteiger partial charge on any atom is -0.480 e. The Kier molecular flexibility index (Phi) is 5.90. The number of nitrogens with two attached hydrogens (primary N) is 1. The number of carbonyl (C=O) groups is 3. The summed E-state index contributed by atoms with van der Waals surface area (Å²) in [5, 5.41) is 25.8. The van der Waals surface area contributed by atoms with Crippen LogP contribution in [-0.4, -0.2) is 50.9 Å². The number of furan rings is 1. The largest absolute Gasteiger partial charge is 0.480 e. The number of nitrogens with one attached hydrogen (secondary N) is 2. The Morgan fingerprint density at radius 2 is 2.04 bits per heavy atom. The van der Waals surface area contributed by atoms with Crippen molar-refractivity contribution in [1.82, 2.24) is 20.8 Å². The topological polar surface area (TPSA) is 194 Å². The van der Waals surface area contributed by atoms with E-state index in [9.17, 15) is 14.4 Å². The molecule has 0 saturated carbocycles. The number of primary amides is 1. The first-order chi connectivity index (χ1) is 12.3. The molecule has 2 aromatic rings. The maximum atomic E-state index is 11.9. The van der Waals surface area contributed by atoms with Crippen molar-refractivity contribution in [3.8, 4) is 11.6 Å². The predicted octanol–water partition coefficient (Wildman–Crippen LogP) is -0.701. The van der Waals surface area contributed by atoms with E-state index in [0.717, 1.165) is 0 Å². The van der Waals surface area contributed by atoms with E-state index in [1.807, 2.05) is 5.32 Å². The average Bonchev–Trinajstić information content (AvgIpc) is 3.20. The number of carboxylic acid groups (broad SMARTS) is 1. The third kappa shape index (κ3) is 4.80. The SMILES string of the molecule is Cc1ccc(-c2noc([C@H](CC(N)=O)NC(=O)N[C@H](CO)C(=O)O)n2)o1. The number of carboxylic acids is 1. The van der Waals surface area contributed by atoms with Gasteiger partial charge in [-0.25, -0.2) is 9.59 Å². The Bertz CT molecular complexity index is 799. The second-order valence-corrected chi connectivity index (χ2v) is 5.28. The second-order valence-electron chi connectivity index (χ2n) is 5.28. The summed E-state index contributed by atoms with van der Waals surface area (Å²) in [6, 6.07) is -0.275. The molecule has 140 valence electrons. The van der Waals surface area contributed by atoms with Gasteiger partial charge in [-0.15, -0.1) is 0 Å². The summed E-state index contributed by atoms with van der Waals surface area (Å²) in [6.07, 6.45) is -0.372. The molecule has 0 unspecified atom stereocenters. The quantitative estimate of drug-likeness (QED) is 0.401. The Morgan fingerprint density at radius 1 is 1.31 bits per heavy atom. The normalized spacial score (nSPS) is 13.0. The second kappa shape index (κ2) is 8.11. The molecule has 0 bridgehead atoms. The molecule has 0 aliphatic heterocycles. The number of aromatic nitrogens is 2. The minimum atomic E-state index is -1.52. The number of amides is 3. The molecule has 2 rings (SSSR count). The maximum absolute atomic E-state index is 11.9. The van der Waals surface area contributed by atoms with Crippen molar-refractivity contribution in [3.63, 3.8) is 0 Å². The number of aliphatic hydroxyl groups excluding tert-OH is 1. The maximum Gasteiger partial charge on any atom is 0.328 e. The number of aliphatic hydroxyl groups is 1. The van der Waals surface area contributed by atoms with Crippen molar-refractivity contribution in [2.24, 2.45) is 5.73 Å².